The normalized spacial score (nSPS) is 20.3. The Morgan fingerprint density at radius 3 is 2.31 bits per heavy atom. The molecule has 1 saturated carbocycles. The molecule has 1 saturated heterocycles. The molecule has 1 aliphatic heterocycles. The highest BCUT2D eigenvalue weighted by molar-refractivity contribution is 5.80. The van der Waals surface area contributed by atoms with Crippen molar-refractivity contribution in [1.82, 2.24) is 10.2 Å². The van der Waals surface area contributed by atoms with Crippen LogP contribution in [0.1, 0.15) is 42.7 Å². The van der Waals surface area contributed by atoms with Gasteiger partial charge >= 0.3 is 12.1 Å². The molecule has 2 amide bonds. The summed E-state index contributed by atoms with van der Waals surface area (Å²) >= 11 is 0. The van der Waals surface area contributed by atoms with E-state index in [0.29, 0.717) is 13.1 Å². The average Bonchev–Trinajstić information content (AvgIpc) is 3.18. The Hall–Kier alpha value is -3.39. The monoisotopic (exact) mass is 478 g/mol. The van der Waals surface area contributed by atoms with Gasteiger partial charge in [-0.3, -0.25) is 4.79 Å². The van der Waals surface area contributed by atoms with Gasteiger partial charge in [0.25, 0.3) is 0 Å². The van der Waals surface area contributed by atoms with E-state index in [0.717, 1.165) is 30.4 Å². The van der Waals surface area contributed by atoms with E-state index in [2.05, 4.69) is 29.6 Å². The van der Waals surface area contributed by atoms with Crippen molar-refractivity contribution in [2.75, 3.05) is 32.8 Å². The van der Waals surface area contributed by atoms with Gasteiger partial charge in [0.1, 0.15) is 6.61 Å². The molecule has 8 heteroatoms. The third-order valence-electron chi connectivity index (χ3n) is 7.59. The number of benzene rings is 2. The number of aliphatic carboxylic acids is 1. The Labute approximate surface area is 204 Å². The average molecular weight is 479 g/mol. The molecule has 2 aromatic rings. The number of hydrogen-bond donors (Lipinski definition) is 2. The van der Waals surface area contributed by atoms with E-state index in [1.165, 1.54) is 11.1 Å². The number of nitrogens with zero attached hydrogens (tertiary/aromatic N) is 1. The van der Waals surface area contributed by atoms with Crippen LogP contribution in [0.15, 0.2) is 48.5 Å². The number of alkyl carbamates (subject to hydrolysis) is 1. The molecule has 184 valence electrons. The molecule has 2 aliphatic carbocycles. The van der Waals surface area contributed by atoms with Crippen LogP contribution in [0.5, 0.6) is 0 Å². The van der Waals surface area contributed by atoms with Gasteiger partial charge in [-0.1, -0.05) is 55.0 Å². The van der Waals surface area contributed by atoms with Crippen LogP contribution in [0.3, 0.4) is 0 Å². The van der Waals surface area contributed by atoms with E-state index >= 15 is 0 Å². The molecule has 3 aliphatic rings. The van der Waals surface area contributed by atoms with Gasteiger partial charge in [-0.2, -0.15) is 0 Å². The van der Waals surface area contributed by atoms with Gasteiger partial charge in [0.15, 0.2) is 6.10 Å². The highest BCUT2D eigenvalue weighted by Gasteiger charge is 2.41. The topological polar surface area (TPSA) is 105 Å². The van der Waals surface area contributed by atoms with Crippen LogP contribution in [0.2, 0.25) is 0 Å². The van der Waals surface area contributed by atoms with Crippen molar-refractivity contribution in [2.24, 2.45) is 5.41 Å². The molecule has 0 aromatic heterocycles. The molecule has 2 N–H and O–H groups in total. The number of carboxylic acids is 1. The molecule has 0 spiro atoms. The summed E-state index contributed by atoms with van der Waals surface area (Å²) in [5.74, 6) is -1.15. The van der Waals surface area contributed by atoms with Crippen LogP contribution in [0.25, 0.3) is 11.1 Å². The maximum absolute atomic E-state index is 12.9. The van der Waals surface area contributed by atoms with E-state index in [9.17, 15) is 19.5 Å². The summed E-state index contributed by atoms with van der Waals surface area (Å²) in [4.78, 5) is 38.3. The van der Waals surface area contributed by atoms with Gasteiger partial charge in [0.2, 0.25) is 5.91 Å². The van der Waals surface area contributed by atoms with Gasteiger partial charge in [0, 0.05) is 25.4 Å². The quantitative estimate of drug-likeness (QED) is 0.632. The highest BCUT2D eigenvalue weighted by Crippen LogP contribution is 2.45. The largest absolute Gasteiger partial charge is 0.479 e. The third kappa shape index (κ3) is 4.75. The van der Waals surface area contributed by atoms with E-state index in [1.54, 1.807) is 4.90 Å². The standard InChI is InChI=1S/C27H30N2O6/c30-24(29-12-13-34-23(15-29)25(31)32)14-27(10-5-11-27)17-28-26(33)35-16-22-20-8-3-1-6-18(20)19-7-2-4-9-21(19)22/h1-4,6-9,22-23H,5,10-17H2,(H,28,33)(H,31,32). The van der Waals surface area contributed by atoms with Crippen LogP contribution in [0, 0.1) is 5.41 Å². The predicted molar refractivity (Wildman–Crippen MR) is 128 cm³/mol. The lowest BCUT2D eigenvalue weighted by Gasteiger charge is -2.43. The van der Waals surface area contributed by atoms with E-state index in [-0.39, 0.29) is 43.4 Å². The van der Waals surface area contributed by atoms with Crippen molar-refractivity contribution in [1.29, 1.82) is 0 Å². The Bertz CT molecular complexity index is 1080. The number of carbonyl (C=O) groups is 3. The second-order valence-electron chi connectivity index (χ2n) is 9.75. The zero-order valence-corrected chi connectivity index (χ0v) is 19.6. The Balaban J connectivity index is 1.15. The summed E-state index contributed by atoms with van der Waals surface area (Å²) in [6, 6.07) is 16.4. The number of rotatable bonds is 7. The Morgan fingerprint density at radius 2 is 1.71 bits per heavy atom. The first-order valence-corrected chi connectivity index (χ1v) is 12.2. The molecule has 0 radical (unpaired) electrons. The number of amides is 2. The number of fused-ring (bicyclic) bond motifs is 3. The van der Waals surface area contributed by atoms with Gasteiger partial charge in [-0.15, -0.1) is 0 Å². The van der Waals surface area contributed by atoms with Gasteiger partial charge in [0.05, 0.1) is 13.2 Å². The lowest BCUT2D eigenvalue weighted by atomic mass is 9.66. The fourth-order valence-corrected chi connectivity index (χ4v) is 5.46. The lowest BCUT2D eigenvalue weighted by molar-refractivity contribution is -0.160. The fraction of sp³-hybridized carbons (Fsp3) is 0.444. The first-order chi connectivity index (χ1) is 17.0. The van der Waals surface area contributed by atoms with E-state index in [1.807, 2.05) is 24.3 Å². The van der Waals surface area contributed by atoms with Gasteiger partial charge in [-0.05, 0) is 40.5 Å². The van der Waals surface area contributed by atoms with Crippen molar-refractivity contribution in [3.8, 4) is 11.1 Å². The number of nitrogens with one attached hydrogen (secondary N) is 1. The van der Waals surface area contributed by atoms with Crippen molar-refractivity contribution in [3.63, 3.8) is 0 Å². The summed E-state index contributed by atoms with van der Waals surface area (Å²) in [7, 11) is 0. The van der Waals surface area contributed by atoms with Gasteiger partial charge < -0.3 is 24.8 Å². The zero-order valence-electron chi connectivity index (χ0n) is 19.6. The van der Waals surface area contributed by atoms with E-state index in [4.69, 9.17) is 9.47 Å². The number of carbonyl (C=O) groups excluding carboxylic acids is 2. The molecule has 35 heavy (non-hydrogen) atoms. The molecule has 1 atom stereocenters. The number of carboxylic acid groups (broad SMARTS) is 1. The summed E-state index contributed by atoms with van der Waals surface area (Å²) in [5, 5.41) is 12.1. The van der Waals surface area contributed by atoms with Crippen molar-refractivity contribution < 1.29 is 29.0 Å². The van der Waals surface area contributed by atoms with Crippen LogP contribution < -0.4 is 5.32 Å². The predicted octanol–water partition coefficient (Wildman–Crippen LogP) is 3.40. The Morgan fingerprint density at radius 1 is 1.06 bits per heavy atom. The molecule has 1 heterocycles. The minimum absolute atomic E-state index is 0.00380. The second-order valence-corrected chi connectivity index (χ2v) is 9.75. The van der Waals surface area contributed by atoms with Crippen LogP contribution in [0.4, 0.5) is 4.79 Å². The molecular weight excluding hydrogens is 448 g/mol. The molecule has 1 unspecified atom stereocenters. The third-order valence-corrected chi connectivity index (χ3v) is 7.59. The molecule has 5 rings (SSSR count). The fourth-order valence-electron chi connectivity index (χ4n) is 5.46. The lowest BCUT2D eigenvalue weighted by Crippen LogP contribution is -2.51. The number of morpholine rings is 1. The smallest absolute Gasteiger partial charge is 0.407 e. The molecular formula is C27H30N2O6. The van der Waals surface area contributed by atoms with Crippen LogP contribution in [-0.2, 0) is 19.1 Å². The van der Waals surface area contributed by atoms with Crippen LogP contribution in [-0.4, -0.2) is 66.9 Å². The SMILES string of the molecule is O=C(NCC1(CC(=O)N2CCOC(C(=O)O)C2)CCC1)OCC1c2ccccc2-c2ccccc21. The summed E-state index contributed by atoms with van der Waals surface area (Å²) in [6.45, 7) is 1.27. The van der Waals surface area contributed by atoms with Gasteiger partial charge in [-0.25, -0.2) is 9.59 Å². The molecule has 2 fully saturated rings. The first kappa shape index (κ1) is 23.4. The van der Waals surface area contributed by atoms with E-state index < -0.39 is 18.2 Å². The summed E-state index contributed by atoms with van der Waals surface area (Å²) < 4.78 is 10.9. The zero-order chi connectivity index (χ0) is 24.4. The van der Waals surface area contributed by atoms with Crippen LogP contribution >= 0.6 is 0 Å². The molecule has 0 bridgehead atoms. The maximum atomic E-state index is 12.9. The maximum Gasteiger partial charge on any atom is 0.407 e. The van der Waals surface area contributed by atoms with Crippen molar-refractivity contribution in [3.05, 3.63) is 59.7 Å². The van der Waals surface area contributed by atoms with Crippen molar-refractivity contribution in [2.45, 2.75) is 37.7 Å². The minimum Gasteiger partial charge on any atom is -0.479 e. The Kier molecular flexibility index (Phi) is 6.47. The summed E-state index contributed by atoms with van der Waals surface area (Å²) in [6.07, 6.45) is 1.50. The minimum atomic E-state index is -1.06. The molecule has 2 aromatic carbocycles. The first-order valence-electron chi connectivity index (χ1n) is 12.2. The highest BCUT2D eigenvalue weighted by atomic mass is 16.5. The molecule has 8 nitrogen and oxygen atoms in total. The second kappa shape index (κ2) is 9.70. The van der Waals surface area contributed by atoms with Crippen molar-refractivity contribution >= 4 is 18.0 Å². The number of hydrogen-bond acceptors (Lipinski definition) is 5. The summed E-state index contributed by atoms with van der Waals surface area (Å²) in [5.41, 5.74) is 4.37. The number of ether oxygens (including phenoxy) is 2.